The van der Waals surface area contributed by atoms with Crippen molar-refractivity contribution in [2.45, 2.75) is 45.6 Å². The lowest BCUT2D eigenvalue weighted by Crippen LogP contribution is -2.43. The van der Waals surface area contributed by atoms with Gasteiger partial charge < -0.3 is 10.4 Å². The van der Waals surface area contributed by atoms with Crippen LogP contribution in [0, 0.1) is 5.92 Å². The molecular formula is C15H24ClNO. The SMILES string of the molecule is CCC(C)CC(CC)(CO)Nc1ccc(Cl)cc1. The molecule has 18 heavy (non-hydrogen) atoms. The van der Waals surface area contributed by atoms with E-state index >= 15 is 0 Å². The Kier molecular flexibility index (Phi) is 5.97. The number of rotatable bonds is 7. The topological polar surface area (TPSA) is 32.3 Å². The molecule has 0 bridgehead atoms. The average Bonchev–Trinajstić information content (AvgIpc) is 2.40. The van der Waals surface area contributed by atoms with Gasteiger partial charge in [-0.2, -0.15) is 0 Å². The van der Waals surface area contributed by atoms with Gasteiger partial charge in [0.2, 0.25) is 0 Å². The fourth-order valence-corrected chi connectivity index (χ4v) is 2.28. The maximum atomic E-state index is 9.75. The van der Waals surface area contributed by atoms with E-state index in [1.54, 1.807) is 0 Å². The van der Waals surface area contributed by atoms with E-state index < -0.39 is 0 Å². The maximum Gasteiger partial charge on any atom is 0.0661 e. The van der Waals surface area contributed by atoms with E-state index in [1.165, 1.54) is 0 Å². The van der Waals surface area contributed by atoms with Crippen molar-refractivity contribution < 1.29 is 5.11 Å². The lowest BCUT2D eigenvalue weighted by molar-refractivity contribution is 0.181. The third-order valence-corrected chi connectivity index (χ3v) is 3.92. The van der Waals surface area contributed by atoms with Crippen LogP contribution in [-0.4, -0.2) is 17.3 Å². The predicted octanol–water partition coefficient (Wildman–Crippen LogP) is 4.33. The molecule has 0 amide bonds. The highest BCUT2D eigenvalue weighted by molar-refractivity contribution is 6.30. The standard InChI is InChI=1S/C15H24ClNO/c1-4-12(3)10-15(5-2,11-18)17-14-8-6-13(16)7-9-14/h6-9,12,17-18H,4-5,10-11H2,1-3H3. The van der Waals surface area contributed by atoms with Crippen molar-refractivity contribution >= 4 is 17.3 Å². The first-order valence-corrected chi connectivity index (χ1v) is 7.07. The van der Waals surface area contributed by atoms with Crippen molar-refractivity contribution in [1.29, 1.82) is 0 Å². The Labute approximate surface area is 115 Å². The van der Waals surface area contributed by atoms with Gasteiger partial charge >= 0.3 is 0 Å². The molecule has 0 heterocycles. The highest BCUT2D eigenvalue weighted by Gasteiger charge is 2.28. The highest BCUT2D eigenvalue weighted by atomic mass is 35.5. The molecule has 0 aliphatic rings. The lowest BCUT2D eigenvalue weighted by Gasteiger charge is -2.35. The van der Waals surface area contributed by atoms with Crippen LogP contribution < -0.4 is 5.32 Å². The fourth-order valence-electron chi connectivity index (χ4n) is 2.15. The average molecular weight is 270 g/mol. The maximum absolute atomic E-state index is 9.75. The third-order valence-electron chi connectivity index (χ3n) is 3.67. The molecule has 0 saturated carbocycles. The number of hydrogen-bond donors (Lipinski definition) is 2. The zero-order valence-electron chi connectivity index (χ0n) is 11.5. The van der Waals surface area contributed by atoms with Crippen LogP contribution in [0.4, 0.5) is 5.69 Å². The van der Waals surface area contributed by atoms with Crippen molar-refractivity contribution in [3.8, 4) is 0 Å². The molecule has 2 nitrogen and oxygen atoms in total. The van der Waals surface area contributed by atoms with Crippen LogP contribution in [0.2, 0.25) is 5.02 Å². The first-order chi connectivity index (χ1) is 8.55. The molecule has 0 aliphatic carbocycles. The number of anilines is 1. The van der Waals surface area contributed by atoms with E-state index in [9.17, 15) is 5.11 Å². The number of hydrogen-bond acceptors (Lipinski definition) is 2. The van der Waals surface area contributed by atoms with Crippen LogP contribution >= 0.6 is 11.6 Å². The summed E-state index contributed by atoms with van der Waals surface area (Å²) in [5, 5.41) is 14.0. The van der Waals surface area contributed by atoms with Crippen LogP contribution in [0.3, 0.4) is 0 Å². The van der Waals surface area contributed by atoms with E-state index in [0.29, 0.717) is 5.92 Å². The molecule has 0 spiro atoms. The van der Waals surface area contributed by atoms with E-state index in [-0.39, 0.29) is 12.1 Å². The Morgan fingerprint density at radius 1 is 1.28 bits per heavy atom. The van der Waals surface area contributed by atoms with Crippen molar-refractivity contribution in [3.05, 3.63) is 29.3 Å². The molecule has 0 aliphatic heterocycles. The molecule has 0 radical (unpaired) electrons. The Balaban J connectivity index is 2.81. The number of benzene rings is 1. The Morgan fingerprint density at radius 2 is 1.89 bits per heavy atom. The van der Waals surface area contributed by atoms with Crippen molar-refractivity contribution in [3.63, 3.8) is 0 Å². The fraction of sp³-hybridized carbons (Fsp3) is 0.600. The normalized spacial score (nSPS) is 16.1. The summed E-state index contributed by atoms with van der Waals surface area (Å²) in [4.78, 5) is 0. The quantitative estimate of drug-likeness (QED) is 0.772. The van der Waals surface area contributed by atoms with Gasteiger partial charge in [-0.3, -0.25) is 0 Å². The van der Waals surface area contributed by atoms with E-state index in [1.807, 2.05) is 24.3 Å². The van der Waals surface area contributed by atoms with Gasteiger partial charge in [-0.05, 0) is 43.0 Å². The van der Waals surface area contributed by atoms with Gasteiger partial charge in [0.15, 0.2) is 0 Å². The van der Waals surface area contributed by atoms with Gasteiger partial charge in [-0.1, -0.05) is 38.8 Å². The molecule has 1 aromatic rings. The second-order valence-electron chi connectivity index (χ2n) is 5.14. The van der Waals surface area contributed by atoms with Crippen LogP contribution in [0.15, 0.2) is 24.3 Å². The summed E-state index contributed by atoms with van der Waals surface area (Å²) in [6.45, 7) is 6.67. The minimum absolute atomic E-state index is 0.149. The number of halogens is 1. The molecule has 2 N–H and O–H groups in total. The summed E-state index contributed by atoms with van der Waals surface area (Å²) in [6, 6.07) is 7.65. The molecule has 0 aromatic heterocycles. The van der Waals surface area contributed by atoms with Crippen molar-refractivity contribution in [2.75, 3.05) is 11.9 Å². The summed E-state index contributed by atoms with van der Waals surface area (Å²) in [5.74, 6) is 0.594. The van der Waals surface area contributed by atoms with Crippen molar-refractivity contribution in [1.82, 2.24) is 0 Å². The minimum Gasteiger partial charge on any atom is -0.394 e. The summed E-state index contributed by atoms with van der Waals surface area (Å²) < 4.78 is 0. The third kappa shape index (κ3) is 4.18. The minimum atomic E-state index is -0.233. The van der Waals surface area contributed by atoms with E-state index in [0.717, 1.165) is 30.0 Å². The van der Waals surface area contributed by atoms with Crippen LogP contribution in [0.25, 0.3) is 0 Å². The Hall–Kier alpha value is -0.730. The Morgan fingerprint density at radius 3 is 2.33 bits per heavy atom. The van der Waals surface area contributed by atoms with Gasteiger partial charge in [0.1, 0.15) is 0 Å². The first-order valence-electron chi connectivity index (χ1n) is 6.70. The number of nitrogens with one attached hydrogen (secondary N) is 1. The lowest BCUT2D eigenvalue weighted by atomic mass is 9.85. The summed E-state index contributed by atoms with van der Waals surface area (Å²) in [6.07, 6.45) is 3.00. The molecule has 0 saturated heterocycles. The van der Waals surface area contributed by atoms with Gasteiger partial charge in [-0.25, -0.2) is 0 Å². The van der Waals surface area contributed by atoms with E-state index in [4.69, 9.17) is 11.6 Å². The number of aliphatic hydroxyl groups is 1. The number of aliphatic hydroxyl groups excluding tert-OH is 1. The predicted molar refractivity (Wildman–Crippen MR) is 79.3 cm³/mol. The van der Waals surface area contributed by atoms with Crippen LogP contribution in [0.5, 0.6) is 0 Å². The highest BCUT2D eigenvalue weighted by Crippen LogP contribution is 2.27. The molecular weight excluding hydrogens is 246 g/mol. The summed E-state index contributed by atoms with van der Waals surface area (Å²) in [7, 11) is 0. The zero-order chi connectivity index (χ0) is 13.6. The zero-order valence-corrected chi connectivity index (χ0v) is 12.3. The second-order valence-corrected chi connectivity index (χ2v) is 5.58. The summed E-state index contributed by atoms with van der Waals surface area (Å²) >= 11 is 5.88. The van der Waals surface area contributed by atoms with Gasteiger partial charge in [0, 0.05) is 10.7 Å². The first kappa shape index (κ1) is 15.3. The van der Waals surface area contributed by atoms with Gasteiger partial charge in [0.25, 0.3) is 0 Å². The van der Waals surface area contributed by atoms with Crippen LogP contribution in [0.1, 0.15) is 40.0 Å². The molecule has 2 atom stereocenters. The molecule has 102 valence electrons. The molecule has 1 aromatic carbocycles. The molecule has 3 heteroatoms. The van der Waals surface area contributed by atoms with E-state index in [2.05, 4.69) is 26.1 Å². The smallest absolute Gasteiger partial charge is 0.0661 e. The second kappa shape index (κ2) is 7.01. The molecule has 0 fully saturated rings. The largest absolute Gasteiger partial charge is 0.394 e. The molecule has 1 rings (SSSR count). The van der Waals surface area contributed by atoms with Gasteiger partial charge in [-0.15, -0.1) is 0 Å². The van der Waals surface area contributed by atoms with Gasteiger partial charge in [0.05, 0.1) is 12.1 Å². The summed E-state index contributed by atoms with van der Waals surface area (Å²) in [5.41, 5.74) is 0.780. The molecule has 2 unspecified atom stereocenters. The monoisotopic (exact) mass is 269 g/mol. The van der Waals surface area contributed by atoms with Crippen LogP contribution in [-0.2, 0) is 0 Å². The van der Waals surface area contributed by atoms with Crippen molar-refractivity contribution in [2.24, 2.45) is 5.92 Å². The Bertz CT molecular complexity index is 346.